The van der Waals surface area contributed by atoms with Crippen LogP contribution in [0.1, 0.15) is 52.7 Å². The van der Waals surface area contributed by atoms with Crippen molar-refractivity contribution in [2.45, 2.75) is 63.3 Å². The lowest BCUT2D eigenvalue weighted by Crippen LogP contribution is -2.46. The molecular weight excluding hydrogens is 895 g/mol. The topological polar surface area (TPSA) is 258 Å². The summed E-state index contributed by atoms with van der Waals surface area (Å²) >= 11 is 0. The smallest absolute Gasteiger partial charge is 0.406 e. The lowest BCUT2D eigenvalue weighted by atomic mass is 9.99. The van der Waals surface area contributed by atoms with Gasteiger partial charge >= 0.3 is 6.09 Å². The maximum Gasteiger partial charge on any atom is 0.406 e. The number of methoxy groups -OCH3 is 1. The molecule has 4 N–H and O–H groups in total. The summed E-state index contributed by atoms with van der Waals surface area (Å²) in [6.07, 6.45) is 0.492. The van der Waals surface area contributed by atoms with Gasteiger partial charge in [-0.25, -0.2) is 18.3 Å². The molecule has 23 heteroatoms. The maximum absolute atomic E-state index is 14.0. The Morgan fingerprint density at radius 3 is 2.28 bits per heavy atom. The predicted molar refractivity (Wildman–Crippen MR) is 234 cm³/mol. The summed E-state index contributed by atoms with van der Waals surface area (Å²) in [5.41, 5.74) is 4.57. The van der Waals surface area contributed by atoms with Crippen molar-refractivity contribution in [2.24, 2.45) is 5.92 Å². The molecule has 1 aromatic heterocycles. The molecule has 21 nitrogen and oxygen atoms in total. The van der Waals surface area contributed by atoms with E-state index in [1.165, 1.54) is 7.11 Å². The number of nitriles is 1. The van der Waals surface area contributed by atoms with Gasteiger partial charge in [0.05, 0.1) is 85.3 Å². The molecule has 2 fully saturated rings. The number of aromatic nitrogens is 3. The molecule has 2 aromatic carbocycles. The highest BCUT2D eigenvalue weighted by molar-refractivity contribution is 5.95. The highest BCUT2D eigenvalue weighted by Gasteiger charge is 2.50. The SMILES string of the molecule is COC(=O)NCCOCCOCCOCCOCCC(=O)NCCNC(=O)c1ccc(-c2cn(Cc3cccc4c3CN(C(=O)C[C@@H]3CC(C(=O)N5CC(F)(F)C[C@H]5C#N)NC3=O)C4)nn2)cc1. The molecule has 6 rings (SSSR count). The van der Waals surface area contributed by atoms with E-state index in [4.69, 9.17) is 18.9 Å². The van der Waals surface area contributed by atoms with Crippen molar-refractivity contribution in [3.05, 3.63) is 70.9 Å². The summed E-state index contributed by atoms with van der Waals surface area (Å²) < 4.78 is 55.6. The van der Waals surface area contributed by atoms with Crippen LogP contribution in [0.2, 0.25) is 0 Å². The molecule has 0 aliphatic carbocycles. The van der Waals surface area contributed by atoms with E-state index in [1.807, 2.05) is 18.2 Å². The largest absolute Gasteiger partial charge is 0.453 e. The number of alkyl halides is 2. The highest BCUT2D eigenvalue weighted by Crippen LogP contribution is 2.34. The maximum atomic E-state index is 14.0. The van der Waals surface area contributed by atoms with Crippen molar-refractivity contribution in [2.75, 3.05) is 86.1 Å². The third kappa shape index (κ3) is 14.7. The molecule has 0 bridgehead atoms. The Morgan fingerprint density at radius 1 is 0.882 bits per heavy atom. The van der Waals surface area contributed by atoms with E-state index < -0.39 is 54.8 Å². The van der Waals surface area contributed by atoms with E-state index in [9.17, 15) is 42.8 Å². The molecule has 1 unspecified atom stereocenters. The molecule has 6 amide bonds. The number of carbonyl (C=O) groups excluding carboxylic acids is 6. The van der Waals surface area contributed by atoms with Gasteiger partial charge in [0.2, 0.25) is 23.6 Å². The Labute approximate surface area is 391 Å². The minimum Gasteiger partial charge on any atom is -0.453 e. The lowest BCUT2D eigenvalue weighted by molar-refractivity contribution is -0.135. The standard InChI is InChI=1S/C45H56F2N10O11/c1-64-44(63)51-12-14-66-16-18-68-20-19-67-17-15-65-13-9-39(58)49-10-11-50-41(60)31-7-5-30(6-8-31)38-28-56(54-53-38)26-33-4-2-3-32-25-55(27-36(32)33)40(59)22-34-21-37(52-42(34)61)43(62)57-29-45(46,47)23-35(57)24-48/h2-8,28,34-35,37H,9-23,25-27,29H2,1H3,(H,49,58)(H,50,60)(H,51,63)(H,52,61)/t34-,35-,37?/m0/s1. The number of ether oxygens (including phenoxy) is 5. The van der Waals surface area contributed by atoms with Gasteiger partial charge in [-0.2, -0.15) is 5.26 Å². The van der Waals surface area contributed by atoms with Crippen LogP contribution in [-0.4, -0.2) is 165 Å². The van der Waals surface area contributed by atoms with Crippen LogP contribution >= 0.6 is 0 Å². The second-order valence-corrected chi connectivity index (χ2v) is 16.3. The first kappa shape index (κ1) is 50.8. The lowest BCUT2D eigenvalue weighted by Gasteiger charge is -2.22. The van der Waals surface area contributed by atoms with Crippen LogP contribution in [0.15, 0.2) is 48.7 Å². The third-order valence-corrected chi connectivity index (χ3v) is 11.4. The fourth-order valence-electron chi connectivity index (χ4n) is 7.87. The van der Waals surface area contributed by atoms with Crippen molar-refractivity contribution in [3.63, 3.8) is 0 Å². The minimum atomic E-state index is -3.18. The first-order valence-corrected chi connectivity index (χ1v) is 22.3. The molecule has 4 heterocycles. The zero-order valence-electron chi connectivity index (χ0n) is 37.7. The molecule has 3 aliphatic rings. The molecule has 68 heavy (non-hydrogen) atoms. The number of likely N-dealkylation sites (tertiary alicyclic amines) is 1. The second-order valence-electron chi connectivity index (χ2n) is 16.3. The normalized spacial score (nSPS) is 18.1. The highest BCUT2D eigenvalue weighted by atomic mass is 19.3. The van der Waals surface area contributed by atoms with Crippen LogP contribution in [0, 0.1) is 17.2 Å². The van der Waals surface area contributed by atoms with Crippen molar-refractivity contribution in [1.29, 1.82) is 5.26 Å². The van der Waals surface area contributed by atoms with Gasteiger partial charge in [0.1, 0.15) is 17.8 Å². The molecule has 0 saturated carbocycles. The van der Waals surface area contributed by atoms with Crippen LogP contribution in [0.5, 0.6) is 0 Å². The van der Waals surface area contributed by atoms with E-state index in [-0.39, 0.29) is 56.7 Å². The monoisotopic (exact) mass is 950 g/mol. The van der Waals surface area contributed by atoms with Crippen LogP contribution < -0.4 is 21.3 Å². The molecule has 3 aromatic rings. The molecule has 3 atom stereocenters. The predicted octanol–water partition coefficient (Wildman–Crippen LogP) is 1.15. The van der Waals surface area contributed by atoms with Gasteiger partial charge in [0, 0.05) is 69.0 Å². The summed E-state index contributed by atoms with van der Waals surface area (Å²) in [6, 6.07) is 12.0. The summed E-state index contributed by atoms with van der Waals surface area (Å²) in [5, 5.41) is 28.5. The number of benzene rings is 2. The number of amides is 6. The number of hydrogen-bond donors (Lipinski definition) is 4. The zero-order chi connectivity index (χ0) is 48.5. The first-order valence-electron chi connectivity index (χ1n) is 22.3. The van der Waals surface area contributed by atoms with Crippen molar-refractivity contribution >= 4 is 35.6 Å². The number of rotatable bonds is 25. The summed E-state index contributed by atoms with van der Waals surface area (Å²) in [5.74, 6) is -6.05. The zero-order valence-corrected chi connectivity index (χ0v) is 37.7. The summed E-state index contributed by atoms with van der Waals surface area (Å²) in [4.78, 5) is 77.6. The van der Waals surface area contributed by atoms with Crippen molar-refractivity contribution in [3.8, 4) is 17.3 Å². The van der Waals surface area contributed by atoms with Gasteiger partial charge in [-0.3, -0.25) is 24.0 Å². The second kappa shape index (κ2) is 25.0. The number of halogens is 2. The molecule has 3 aliphatic heterocycles. The van der Waals surface area contributed by atoms with Gasteiger partial charge < -0.3 is 54.8 Å². The van der Waals surface area contributed by atoms with Crippen molar-refractivity contribution in [1.82, 2.24) is 46.1 Å². The van der Waals surface area contributed by atoms with Gasteiger partial charge in [-0.15, -0.1) is 5.10 Å². The number of carbonyl (C=O) groups is 6. The average Bonchev–Trinajstić information content (AvgIpc) is 4.14. The van der Waals surface area contributed by atoms with Crippen LogP contribution in [-0.2, 0) is 62.5 Å². The van der Waals surface area contributed by atoms with Gasteiger partial charge in [0.15, 0.2) is 0 Å². The number of nitrogens with one attached hydrogen (secondary N) is 4. The minimum absolute atomic E-state index is 0.0284. The molecular formula is C45H56F2N10O11. The number of alkyl carbamates (subject to hydrolysis) is 1. The quantitative estimate of drug-likeness (QED) is 0.0870. The Hall–Kier alpha value is -6.61. The molecule has 0 spiro atoms. The fourth-order valence-corrected chi connectivity index (χ4v) is 7.87. The Kier molecular flexibility index (Phi) is 18.6. The van der Waals surface area contributed by atoms with Crippen molar-refractivity contribution < 1.29 is 61.2 Å². The number of fused-ring (bicyclic) bond motifs is 1. The van der Waals surface area contributed by atoms with E-state index in [0.717, 1.165) is 27.2 Å². The van der Waals surface area contributed by atoms with Crippen LogP contribution in [0.4, 0.5) is 13.6 Å². The molecule has 2 saturated heterocycles. The first-order chi connectivity index (χ1) is 32.8. The summed E-state index contributed by atoms with van der Waals surface area (Å²) in [7, 11) is 1.29. The third-order valence-electron chi connectivity index (χ3n) is 11.4. The van der Waals surface area contributed by atoms with Crippen LogP contribution in [0.25, 0.3) is 11.3 Å². The fraction of sp³-hybridized carbons (Fsp3) is 0.533. The van der Waals surface area contributed by atoms with Gasteiger partial charge in [-0.1, -0.05) is 35.5 Å². The van der Waals surface area contributed by atoms with E-state index in [1.54, 1.807) is 46.1 Å². The number of hydrogen-bond acceptors (Lipinski definition) is 14. The Morgan fingerprint density at radius 2 is 1.57 bits per heavy atom. The van der Waals surface area contributed by atoms with Gasteiger partial charge in [0.25, 0.3) is 11.8 Å². The molecule has 0 radical (unpaired) electrons. The average molecular weight is 951 g/mol. The number of nitrogens with zero attached hydrogens (tertiary/aromatic N) is 6. The molecule has 366 valence electrons. The summed E-state index contributed by atoms with van der Waals surface area (Å²) in [6.45, 7) is 3.72. The van der Waals surface area contributed by atoms with Gasteiger partial charge in [-0.05, 0) is 35.2 Å². The van der Waals surface area contributed by atoms with E-state index in [2.05, 4.69) is 36.3 Å². The Bertz CT molecular complexity index is 2270. The van der Waals surface area contributed by atoms with E-state index >= 15 is 0 Å². The Balaban J connectivity index is 0.835. The van der Waals surface area contributed by atoms with Crippen LogP contribution in [0.3, 0.4) is 0 Å². The van der Waals surface area contributed by atoms with E-state index in [0.29, 0.717) is 83.7 Å².